The Morgan fingerprint density at radius 2 is 2.00 bits per heavy atom. The summed E-state index contributed by atoms with van der Waals surface area (Å²) in [4.78, 5) is 8.64. The zero-order valence-corrected chi connectivity index (χ0v) is 12.8. The zero-order valence-electron chi connectivity index (χ0n) is 12.0. The summed E-state index contributed by atoms with van der Waals surface area (Å²) in [5.41, 5.74) is 0. The van der Waals surface area contributed by atoms with Gasteiger partial charge in [-0.25, -0.2) is 18.4 Å². The van der Waals surface area contributed by atoms with Crippen molar-refractivity contribution < 1.29 is 8.42 Å². The number of aromatic nitrogens is 2. The summed E-state index contributed by atoms with van der Waals surface area (Å²) in [7, 11) is -2.81. The molecule has 0 aliphatic carbocycles. The largest absolute Gasteiger partial charge is 0.370 e. The zero-order chi connectivity index (χ0) is 14.6. The fraction of sp³-hybridized carbons (Fsp3) is 0.692. The SMILES string of the molecule is CCCNc1cc(NCC2CCS(=O)(=O)C2)nc(C)n1. The molecule has 1 aliphatic heterocycles. The molecule has 112 valence electrons. The van der Waals surface area contributed by atoms with Gasteiger partial charge in [-0.3, -0.25) is 0 Å². The molecule has 1 fully saturated rings. The van der Waals surface area contributed by atoms with E-state index in [-0.39, 0.29) is 11.7 Å². The van der Waals surface area contributed by atoms with Gasteiger partial charge >= 0.3 is 0 Å². The quantitative estimate of drug-likeness (QED) is 0.827. The summed E-state index contributed by atoms with van der Waals surface area (Å²) in [5.74, 6) is 3.03. The topological polar surface area (TPSA) is 84.0 Å². The van der Waals surface area contributed by atoms with E-state index in [1.807, 2.05) is 13.0 Å². The van der Waals surface area contributed by atoms with Gasteiger partial charge in [0, 0.05) is 19.2 Å². The van der Waals surface area contributed by atoms with Crippen molar-refractivity contribution in [1.82, 2.24) is 9.97 Å². The summed E-state index contributed by atoms with van der Waals surface area (Å²) in [5, 5.41) is 6.46. The second kappa shape index (κ2) is 6.39. The molecule has 1 aromatic rings. The van der Waals surface area contributed by atoms with E-state index in [9.17, 15) is 8.42 Å². The maximum absolute atomic E-state index is 11.4. The molecule has 0 bridgehead atoms. The van der Waals surface area contributed by atoms with Gasteiger partial charge in [-0.05, 0) is 25.7 Å². The van der Waals surface area contributed by atoms with Gasteiger partial charge in [0.15, 0.2) is 9.84 Å². The molecule has 6 nitrogen and oxygen atoms in total. The number of nitrogens with one attached hydrogen (secondary N) is 2. The molecule has 0 radical (unpaired) electrons. The molecule has 1 aromatic heterocycles. The van der Waals surface area contributed by atoms with E-state index in [0.29, 0.717) is 18.1 Å². The second-order valence-electron chi connectivity index (χ2n) is 5.26. The van der Waals surface area contributed by atoms with Crippen LogP contribution in [0.2, 0.25) is 0 Å². The molecule has 0 aromatic carbocycles. The minimum atomic E-state index is -2.81. The molecule has 20 heavy (non-hydrogen) atoms. The minimum absolute atomic E-state index is 0.183. The Bertz CT molecular complexity index is 559. The maximum atomic E-state index is 11.4. The highest BCUT2D eigenvalue weighted by Crippen LogP contribution is 2.19. The van der Waals surface area contributed by atoms with Crippen LogP contribution in [0.5, 0.6) is 0 Å². The van der Waals surface area contributed by atoms with E-state index in [1.54, 1.807) is 0 Å². The third-order valence-electron chi connectivity index (χ3n) is 3.29. The van der Waals surface area contributed by atoms with Gasteiger partial charge in [-0.2, -0.15) is 0 Å². The van der Waals surface area contributed by atoms with E-state index in [2.05, 4.69) is 27.5 Å². The van der Waals surface area contributed by atoms with Crippen LogP contribution in [-0.2, 0) is 9.84 Å². The lowest BCUT2D eigenvalue weighted by Gasteiger charge is -2.12. The summed E-state index contributed by atoms with van der Waals surface area (Å²) >= 11 is 0. The lowest BCUT2D eigenvalue weighted by atomic mass is 10.1. The van der Waals surface area contributed by atoms with Crippen LogP contribution in [0.4, 0.5) is 11.6 Å². The molecule has 2 heterocycles. The molecule has 0 saturated carbocycles. The molecule has 2 N–H and O–H groups in total. The highest BCUT2D eigenvalue weighted by molar-refractivity contribution is 7.91. The molecule has 0 amide bonds. The fourth-order valence-corrected chi connectivity index (χ4v) is 4.15. The standard InChI is InChI=1S/C13H22N4O2S/c1-3-5-14-12-7-13(17-10(2)16-12)15-8-11-4-6-20(18,19)9-11/h7,11H,3-6,8-9H2,1-2H3,(H2,14,15,16,17). The molecule has 1 unspecified atom stereocenters. The molecule has 1 saturated heterocycles. The Hall–Kier alpha value is -1.37. The van der Waals surface area contributed by atoms with E-state index in [1.165, 1.54) is 0 Å². The average Bonchev–Trinajstić information content (AvgIpc) is 2.73. The Labute approximate surface area is 120 Å². The monoisotopic (exact) mass is 298 g/mol. The lowest BCUT2D eigenvalue weighted by Crippen LogP contribution is -2.17. The molecule has 1 aliphatic rings. The predicted molar refractivity (Wildman–Crippen MR) is 80.8 cm³/mol. The van der Waals surface area contributed by atoms with Gasteiger partial charge in [0.05, 0.1) is 11.5 Å². The number of hydrogen-bond acceptors (Lipinski definition) is 6. The number of anilines is 2. The Kier molecular flexibility index (Phi) is 4.80. The minimum Gasteiger partial charge on any atom is -0.370 e. The third kappa shape index (κ3) is 4.33. The van der Waals surface area contributed by atoms with Gasteiger partial charge in [-0.15, -0.1) is 0 Å². The van der Waals surface area contributed by atoms with Gasteiger partial charge < -0.3 is 10.6 Å². The molecular weight excluding hydrogens is 276 g/mol. The van der Waals surface area contributed by atoms with Crippen molar-refractivity contribution in [1.29, 1.82) is 0 Å². The van der Waals surface area contributed by atoms with Crippen LogP contribution in [0.1, 0.15) is 25.6 Å². The smallest absolute Gasteiger partial charge is 0.150 e. The maximum Gasteiger partial charge on any atom is 0.150 e. The highest BCUT2D eigenvalue weighted by Gasteiger charge is 2.27. The van der Waals surface area contributed by atoms with Gasteiger partial charge in [0.2, 0.25) is 0 Å². The van der Waals surface area contributed by atoms with Gasteiger partial charge in [0.25, 0.3) is 0 Å². The van der Waals surface area contributed by atoms with Crippen molar-refractivity contribution in [3.05, 3.63) is 11.9 Å². The van der Waals surface area contributed by atoms with Crippen molar-refractivity contribution in [2.75, 3.05) is 35.2 Å². The van der Waals surface area contributed by atoms with Crippen LogP contribution in [0.3, 0.4) is 0 Å². The van der Waals surface area contributed by atoms with Crippen molar-refractivity contribution in [3.63, 3.8) is 0 Å². The van der Waals surface area contributed by atoms with E-state index < -0.39 is 9.84 Å². The molecule has 1 atom stereocenters. The summed E-state index contributed by atoms with van der Waals surface area (Å²) < 4.78 is 22.8. The third-order valence-corrected chi connectivity index (χ3v) is 5.13. The number of sulfone groups is 1. The van der Waals surface area contributed by atoms with E-state index in [0.717, 1.165) is 31.0 Å². The molecule has 2 rings (SSSR count). The number of rotatable bonds is 6. The van der Waals surface area contributed by atoms with Gasteiger partial charge in [0.1, 0.15) is 17.5 Å². The summed E-state index contributed by atoms with van der Waals surface area (Å²) in [6.45, 7) is 5.46. The normalized spacial score (nSPS) is 20.8. The van der Waals surface area contributed by atoms with Crippen LogP contribution in [-0.4, -0.2) is 43.0 Å². The van der Waals surface area contributed by atoms with Crippen molar-refractivity contribution in [3.8, 4) is 0 Å². The first-order valence-electron chi connectivity index (χ1n) is 7.02. The second-order valence-corrected chi connectivity index (χ2v) is 7.49. The van der Waals surface area contributed by atoms with Crippen molar-refractivity contribution in [2.45, 2.75) is 26.7 Å². The number of aryl methyl sites for hydroxylation is 1. The van der Waals surface area contributed by atoms with Gasteiger partial charge in [-0.1, -0.05) is 6.92 Å². The molecule has 0 spiro atoms. The van der Waals surface area contributed by atoms with Crippen LogP contribution in [0.15, 0.2) is 6.07 Å². The summed E-state index contributed by atoms with van der Waals surface area (Å²) in [6, 6.07) is 1.87. The average molecular weight is 298 g/mol. The number of nitrogens with zero attached hydrogens (tertiary/aromatic N) is 2. The van der Waals surface area contributed by atoms with E-state index in [4.69, 9.17) is 0 Å². The Morgan fingerprint density at radius 3 is 2.60 bits per heavy atom. The van der Waals surface area contributed by atoms with Crippen LogP contribution < -0.4 is 10.6 Å². The Balaban J connectivity index is 1.94. The first-order valence-corrected chi connectivity index (χ1v) is 8.84. The molecular formula is C13H22N4O2S. The van der Waals surface area contributed by atoms with Crippen molar-refractivity contribution in [2.24, 2.45) is 5.92 Å². The Morgan fingerprint density at radius 1 is 1.30 bits per heavy atom. The van der Waals surface area contributed by atoms with Crippen molar-refractivity contribution >= 4 is 21.5 Å². The first kappa shape index (κ1) is 15.0. The van der Waals surface area contributed by atoms with Crippen LogP contribution in [0.25, 0.3) is 0 Å². The highest BCUT2D eigenvalue weighted by atomic mass is 32.2. The number of hydrogen-bond donors (Lipinski definition) is 2. The molecule has 7 heteroatoms. The van der Waals surface area contributed by atoms with Crippen LogP contribution >= 0.6 is 0 Å². The van der Waals surface area contributed by atoms with Crippen LogP contribution in [0, 0.1) is 12.8 Å². The predicted octanol–water partition coefficient (Wildman–Crippen LogP) is 1.45. The first-order chi connectivity index (χ1) is 9.48. The lowest BCUT2D eigenvalue weighted by molar-refractivity contribution is 0.595. The summed E-state index contributed by atoms with van der Waals surface area (Å²) in [6.07, 6.45) is 1.77. The fourth-order valence-electron chi connectivity index (χ4n) is 2.28. The van der Waals surface area contributed by atoms with E-state index >= 15 is 0 Å².